The van der Waals surface area contributed by atoms with Gasteiger partial charge in [0.2, 0.25) is 0 Å². The van der Waals surface area contributed by atoms with E-state index in [0.717, 1.165) is 18.2 Å². The van der Waals surface area contributed by atoms with Gasteiger partial charge in [-0.25, -0.2) is 18.4 Å². The van der Waals surface area contributed by atoms with E-state index in [1.54, 1.807) is 0 Å². The van der Waals surface area contributed by atoms with Crippen molar-refractivity contribution < 1.29 is 27.9 Å². The summed E-state index contributed by atoms with van der Waals surface area (Å²) in [5.41, 5.74) is 5.00. The van der Waals surface area contributed by atoms with Crippen molar-refractivity contribution in [1.29, 1.82) is 0 Å². The van der Waals surface area contributed by atoms with Gasteiger partial charge in [-0.2, -0.15) is 11.8 Å². The Morgan fingerprint density at radius 2 is 2.00 bits per heavy atom. The lowest BCUT2D eigenvalue weighted by atomic mass is 10.2. The van der Waals surface area contributed by atoms with Gasteiger partial charge in [0.1, 0.15) is 6.04 Å². The van der Waals surface area contributed by atoms with E-state index in [1.165, 1.54) is 11.8 Å². The number of primary amides is 1. The molecule has 0 aliphatic heterocycles. The fourth-order valence-corrected chi connectivity index (χ4v) is 2.14. The molecule has 0 heterocycles. The smallest absolute Gasteiger partial charge is 0.329 e. The van der Waals surface area contributed by atoms with Crippen LogP contribution in [0.4, 0.5) is 19.3 Å². The van der Waals surface area contributed by atoms with Crippen LogP contribution >= 0.6 is 11.8 Å². The lowest BCUT2D eigenvalue weighted by Gasteiger charge is -2.15. The fraction of sp³-hybridized carbons (Fsp3) is 0.357. The number of halogens is 2. The van der Waals surface area contributed by atoms with Crippen molar-refractivity contribution >= 4 is 35.4 Å². The molecule has 132 valence electrons. The fourth-order valence-electron chi connectivity index (χ4n) is 1.66. The van der Waals surface area contributed by atoms with E-state index >= 15 is 0 Å². The minimum Gasteiger partial charge on any atom is -0.454 e. The van der Waals surface area contributed by atoms with Gasteiger partial charge in [-0.3, -0.25) is 4.79 Å². The summed E-state index contributed by atoms with van der Waals surface area (Å²) in [4.78, 5) is 34.4. The minimum absolute atomic E-state index is 0.0177. The average Bonchev–Trinajstić information content (AvgIpc) is 2.52. The van der Waals surface area contributed by atoms with Gasteiger partial charge in [0.25, 0.3) is 5.91 Å². The van der Waals surface area contributed by atoms with E-state index in [9.17, 15) is 23.2 Å². The van der Waals surface area contributed by atoms with Crippen molar-refractivity contribution in [2.45, 2.75) is 12.5 Å². The van der Waals surface area contributed by atoms with Gasteiger partial charge in [0.05, 0.1) is 0 Å². The molecule has 1 rings (SSSR count). The Hall–Kier alpha value is -2.36. The predicted molar refractivity (Wildman–Crippen MR) is 85.5 cm³/mol. The summed E-state index contributed by atoms with van der Waals surface area (Å²) in [6.45, 7) is -0.645. The van der Waals surface area contributed by atoms with Crippen molar-refractivity contribution in [3.63, 3.8) is 0 Å². The number of nitrogens with one attached hydrogen (secondary N) is 2. The zero-order valence-electron chi connectivity index (χ0n) is 12.8. The molecule has 0 saturated heterocycles. The molecular formula is C14H17F2N3O4S. The van der Waals surface area contributed by atoms with Crippen molar-refractivity contribution in [2.24, 2.45) is 5.73 Å². The molecule has 1 aromatic carbocycles. The Morgan fingerprint density at radius 3 is 2.58 bits per heavy atom. The van der Waals surface area contributed by atoms with Crippen molar-refractivity contribution in [1.82, 2.24) is 5.32 Å². The number of benzene rings is 1. The third kappa shape index (κ3) is 6.82. The molecule has 0 fully saturated rings. The first-order valence-corrected chi connectivity index (χ1v) is 8.19. The molecular weight excluding hydrogens is 344 g/mol. The number of hydrogen-bond acceptors (Lipinski definition) is 5. The maximum Gasteiger partial charge on any atom is 0.329 e. The number of ether oxygens (including phenoxy) is 1. The molecule has 1 aromatic rings. The molecule has 0 aromatic heterocycles. The van der Waals surface area contributed by atoms with Crippen LogP contribution in [0.5, 0.6) is 0 Å². The summed E-state index contributed by atoms with van der Waals surface area (Å²) < 4.78 is 30.6. The minimum atomic E-state index is -1.12. The van der Waals surface area contributed by atoms with E-state index in [0.29, 0.717) is 5.75 Å². The standard InChI is InChI=1S/C14H17F2N3O4S/c1-24-5-4-11(19-14(17)22)13(21)23-7-12(20)18-8-2-3-9(15)10(16)6-8/h2-3,6,11H,4-5,7H2,1H3,(H,18,20)(H3,17,19,22)/t11-/m1/s1. The summed E-state index contributed by atoms with van der Waals surface area (Å²) in [5.74, 6) is -3.15. The largest absolute Gasteiger partial charge is 0.454 e. The normalized spacial score (nSPS) is 11.5. The molecule has 0 aliphatic rings. The summed E-state index contributed by atoms with van der Waals surface area (Å²) in [6.07, 6.45) is 2.11. The number of thioether (sulfide) groups is 1. The van der Waals surface area contributed by atoms with Gasteiger partial charge >= 0.3 is 12.0 Å². The van der Waals surface area contributed by atoms with Gasteiger partial charge in [-0.15, -0.1) is 0 Å². The van der Waals surface area contributed by atoms with Crippen LogP contribution in [-0.2, 0) is 14.3 Å². The van der Waals surface area contributed by atoms with E-state index < -0.39 is 42.2 Å². The van der Waals surface area contributed by atoms with Crippen LogP contribution < -0.4 is 16.4 Å². The molecule has 3 amide bonds. The highest BCUT2D eigenvalue weighted by Crippen LogP contribution is 2.13. The van der Waals surface area contributed by atoms with Crippen LogP contribution in [-0.4, -0.2) is 42.6 Å². The van der Waals surface area contributed by atoms with Crippen molar-refractivity contribution in [3.8, 4) is 0 Å². The number of hydrogen-bond donors (Lipinski definition) is 3. The molecule has 0 aliphatic carbocycles. The average molecular weight is 361 g/mol. The lowest BCUT2D eigenvalue weighted by Crippen LogP contribution is -2.45. The Kier molecular flexibility index (Phi) is 7.96. The Labute approximate surface area is 141 Å². The van der Waals surface area contributed by atoms with Crippen LogP contribution in [0, 0.1) is 11.6 Å². The number of esters is 1. The lowest BCUT2D eigenvalue weighted by molar-refractivity contribution is -0.149. The SMILES string of the molecule is CSCC[C@@H](NC(N)=O)C(=O)OCC(=O)Nc1ccc(F)c(F)c1. The predicted octanol–water partition coefficient (Wildman–Crippen LogP) is 1.24. The summed E-state index contributed by atoms with van der Waals surface area (Å²) in [7, 11) is 0. The van der Waals surface area contributed by atoms with Gasteiger partial charge in [0, 0.05) is 11.8 Å². The zero-order valence-corrected chi connectivity index (χ0v) is 13.6. The van der Waals surface area contributed by atoms with Crippen LogP contribution in [0.15, 0.2) is 18.2 Å². The molecule has 0 bridgehead atoms. The topological polar surface area (TPSA) is 111 Å². The second-order valence-electron chi connectivity index (χ2n) is 4.63. The van der Waals surface area contributed by atoms with Crippen LogP contribution in [0.3, 0.4) is 0 Å². The zero-order chi connectivity index (χ0) is 18.1. The second-order valence-corrected chi connectivity index (χ2v) is 5.61. The summed E-state index contributed by atoms with van der Waals surface area (Å²) in [6, 6.07) is 0.959. The molecule has 0 spiro atoms. The van der Waals surface area contributed by atoms with Gasteiger partial charge in [-0.1, -0.05) is 0 Å². The quantitative estimate of drug-likeness (QED) is 0.603. The Bertz CT molecular complexity index is 616. The molecule has 4 N–H and O–H groups in total. The Morgan fingerprint density at radius 1 is 1.29 bits per heavy atom. The number of amides is 3. The van der Waals surface area contributed by atoms with Gasteiger partial charge in [0.15, 0.2) is 18.2 Å². The number of carbonyl (C=O) groups is 3. The van der Waals surface area contributed by atoms with E-state index in [-0.39, 0.29) is 12.1 Å². The second kappa shape index (κ2) is 9.71. The third-order valence-corrected chi connectivity index (χ3v) is 3.40. The first kappa shape index (κ1) is 19.7. The van der Waals surface area contributed by atoms with Crippen molar-refractivity contribution in [3.05, 3.63) is 29.8 Å². The maximum atomic E-state index is 13.0. The van der Waals surface area contributed by atoms with Crippen LogP contribution in [0.1, 0.15) is 6.42 Å². The maximum absolute atomic E-state index is 13.0. The molecule has 1 atom stereocenters. The molecule has 0 unspecified atom stereocenters. The van der Waals surface area contributed by atoms with E-state index in [4.69, 9.17) is 10.5 Å². The monoisotopic (exact) mass is 361 g/mol. The van der Waals surface area contributed by atoms with Crippen molar-refractivity contribution in [2.75, 3.05) is 23.9 Å². The highest BCUT2D eigenvalue weighted by Gasteiger charge is 2.21. The van der Waals surface area contributed by atoms with Gasteiger partial charge in [-0.05, 0) is 30.6 Å². The van der Waals surface area contributed by atoms with Crippen LogP contribution in [0.25, 0.3) is 0 Å². The number of rotatable bonds is 8. The molecule has 7 nitrogen and oxygen atoms in total. The summed E-state index contributed by atoms with van der Waals surface area (Å²) in [5, 5.41) is 4.48. The molecule has 0 saturated carbocycles. The first-order valence-electron chi connectivity index (χ1n) is 6.80. The number of carbonyl (C=O) groups excluding carboxylic acids is 3. The van der Waals surface area contributed by atoms with Gasteiger partial charge < -0.3 is 21.1 Å². The van der Waals surface area contributed by atoms with E-state index in [2.05, 4.69) is 10.6 Å². The molecule has 10 heteroatoms. The third-order valence-electron chi connectivity index (χ3n) is 2.76. The summed E-state index contributed by atoms with van der Waals surface area (Å²) >= 11 is 1.46. The molecule has 0 radical (unpaired) electrons. The Balaban J connectivity index is 2.52. The highest BCUT2D eigenvalue weighted by molar-refractivity contribution is 7.98. The molecule has 24 heavy (non-hydrogen) atoms. The van der Waals surface area contributed by atoms with E-state index in [1.807, 2.05) is 6.26 Å². The van der Waals surface area contributed by atoms with Crippen LogP contribution in [0.2, 0.25) is 0 Å². The number of nitrogens with two attached hydrogens (primary N) is 1. The highest BCUT2D eigenvalue weighted by atomic mass is 32.2. The number of urea groups is 1. The number of anilines is 1. The first-order chi connectivity index (χ1) is 11.3.